The first-order chi connectivity index (χ1) is 4.60. The first-order valence-electron chi connectivity index (χ1n) is 3.13. The second-order valence-corrected chi connectivity index (χ2v) is 4.03. The zero-order chi connectivity index (χ0) is 7.61. The molecule has 0 aliphatic carbocycles. The smallest absolute Gasteiger partial charge is 0.270 e. The summed E-state index contributed by atoms with van der Waals surface area (Å²) in [5, 5.41) is 0. The largest absolute Gasteiger partial charge is 0.270 e. The highest BCUT2D eigenvalue weighted by molar-refractivity contribution is 7.86. The van der Waals surface area contributed by atoms with E-state index >= 15 is 0 Å². The minimum atomic E-state index is -3.23. The van der Waals surface area contributed by atoms with Crippen molar-refractivity contribution in [2.24, 2.45) is 0 Å². The van der Waals surface area contributed by atoms with E-state index in [-0.39, 0.29) is 5.75 Å². The van der Waals surface area contributed by atoms with Crippen molar-refractivity contribution in [1.29, 1.82) is 0 Å². The van der Waals surface area contributed by atoms with Crippen LogP contribution in [0, 0.1) is 0 Å². The fourth-order valence-corrected chi connectivity index (χ4v) is 1.65. The number of hydrogen-bond acceptors (Lipinski definition) is 3. The van der Waals surface area contributed by atoms with Crippen LogP contribution in [0.5, 0.6) is 0 Å². The maximum Gasteiger partial charge on any atom is 0.270 e. The summed E-state index contributed by atoms with van der Waals surface area (Å²) < 4.78 is 26.1. The quantitative estimate of drug-likeness (QED) is 0.388. The molecule has 0 aromatic heterocycles. The Morgan fingerprint density at radius 2 is 2.30 bits per heavy atom. The molecule has 58 valence electrons. The molecule has 10 heavy (non-hydrogen) atoms. The predicted octanol–water partition coefficient (Wildman–Crippen LogP) is 0.683. The lowest BCUT2D eigenvalue weighted by Crippen LogP contribution is -2.06. The van der Waals surface area contributed by atoms with Gasteiger partial charge in [-0.1, -0.05) is 11.6 Å². The van der Waals surface area contributed by atoms with Crippen LogP contribution >= 0.6 is 0 Å². The maximum atomic E-state index is 10.7. The van der Waals surface area contributed by atoms with Crippen molar-refractivity contribution in [3.05, 3.63) is 11.6 Å². The van der Waals surface area contributed by atoms with Gasteiger partial charge in [-0.25, -0.2) is 0 Å². The number of hydrogen-bond donors (Lipinski definition) is 0. The highest BCUT2D eigenvalue weighted by Gasteiger charge is 2.12. The molecule has 0 saturated heterocycles. The summed E-state index contributed by atoms with van der Waals surface area (Å²) in [4.78, 5) is 0. The van der Waals surface area contributed by atoms with E-state index in [1.54, 1.807) is 6.08 Å². The highest BCUT2D eigenvalue weighted by atomic mass is 32.2. The van der Waals surface area contributed by atoms with Gasteiger partial charge in [-0.05, 0) is 13.3 Å². The van der Waals surface area contributed by atoms with Crippen LogP contribution in [0.15, 0.2) is 11.6 Å². The van der Waals surface area contributed by atoms with E-state index < -0.39 is 10.1 Å². The normalized spacial score (nSPS) is 25.1. The standard InChI is InChI=1S/C6H10O3S/c1-6-2-4-9-10(7,8)5-3-6/h3H,2,4-5H2,1H3. The molecule has 0 fully saturated rings. The average Bonchev–Trinajstić information content (AvgIpc) is 1.94. The van der Waals surface area contributed by atoms with Crippen LogP contribution in [0.1, 0.15) is 13.3 Å². The van der Waals surface area contributed by atoms with Crippen molar-refractivity contribution < 1.29 is 12.6 Å². The molecule has 0 aromatic carbocycles. The van der Waals surface area contributed by atoms with Crippen LogP contribution < -0.4 is 0 Å². The third kappa shape index (κ3) is 2.11. The first kappa shape index (κ1) is 7.75. The summed E-state index contributed by atoms with van der Waals surface area (Å²) in [6.07, 6.45) is 2.42. The van der Waals surface area contributed by atoms with Crippen LogP contribution in [0.2, 0.25) is 0 Å². The SMILES string of the molecule is CC1=CCS(=O)(=O)OCC1. The van der Waals surface area contributed by atoms with E-state index in [1.165, 1.54) is 0 Å². The van der Waals surface area contributed by atoms with Crippen LogP contribution in [-0.2, 0) is 14.3 Å². The van der Waals surface area contributed by atoms with Crippen LogP contribution in [0.4, 0.5) is 0 Å². The summed E-state index contributed by atoms with van der Waals surface area (Å²) in [7, 11) is -3.23. The molecule has 1 aliphatic heterocycles. The molecule has 1 rings (SSSR count). The van der Waals surface area contributed by atoms with Crippen molar-refractivity contribution in [3.63, 3.8) is 0 Å². The summed E-state index contributed by atoms with van der Waals surface area (Å²) in [6, 6.07) is 0. The van der Waals surface area contributed by atoms with Gasteiger partial charge in [0.2, 0.25) is 0 Å². The van der Waals surface area contributed by atoms with Gasteiger partial charge in [0.25, 0.3) is 10.1 Å². The summed E-state index contributed by atoms with van der Waals surface area (Å²) in [5.41, 5.74) is 1.08. The van der Waals surface area contributed by atoms with Gasteiger partial charge in [0.1, 0.15) is 0 Å². The Morgan fingerprint density at radius 1 is 1.60 bits per heavy atom. The molecule has 0 amide bonds. The van der Waals surface area contributed by atoms with Crippen molar-refractivity contribution >= 4 is 10.1 Å². The molecular weight excluding hydrogens is 152 g/mol. The Labute approximate surface area is 60.8 Å². The lowest BCUT2D eigenvalue weighted by atomic mass is 10.2. The van der Waals surface area contributed by atoms with Gasteiger partial charge in [0.05, 0.1) is 12.4 Å². The van der Waals surface area contributed by atoms with Gasteiger partial charge < -0.3 is 0 Å². The Balaban J connectivity index is 2.76. The van der Waals surface area contributed by atoms with Gasteiger partial charge in [0, 0.05) is 0 Å². The maximum absolute atomic E-state index is 10.7. The zero-order valence-electron chi connectivity index (χ0n) is 5.83. The number of rotatable bonds is 0. The van der Waals surface area contributed by atoms with Gasteiger partial charge in [-0.3, -0.25) is 4.18 Å². The second-order valence-electron chi connectivity index (χ2n) is 2.35. The molecule has 0 aromatic rings. The molecule has 1 aliphatic rings. The van der Waals surface area contributed by atoms with Crippen molar-refractivity contribution in [2.45, 2.75) is 13.3 Å². The molecule has 0 bridgehead atoms. The van der Waals surface area contributed by atoms with Crippen LogP contribution in [-0.4, -0.2) is 20.8 Å². The van der Waals surface area contributed by atoms with E-state index in [1.807, 2.05) is 6.92 Å². The van der Waals surface area contributed by atoms with Crippen molar-refractivity contribution in [3.8, 4) is 0 Å². The third-order valence-electron chi connectivity index (χ3n) is 1.40. The third-order valence-corrected chi connectivity index (χ3v) is 2.50. The second kappa shape index (κ2) is 2.72. The highest BCUT2D eigenvalue weighted by Crippen LogP contribution is 2.08. The van der Waals surface area contributed by atoms with E-state index in [0.29, 0.717) is 6.61 Å². The van der Waals surface area contributed by atoms with Crippen molar-refractivity contribution in [2.75, 3.05) is 12.4 Å². The lowest BCUT2D eigenvalue weighted by Gasteiger charge is -1.96. The molecule has 0 unspecified atom stereocenters. The van der Waals surface area contributed by atoms with E-state index in [4.69, 9.17) is 0 Å². The topological polar surface area (TPSA) is 43.4 Å². The molecule has 0 atom stereocenters. The van der Waals surface area contributed by atoms with E-state index in [2.05, 4.69) is 4.18 Å². The monoisotopic (exact) mass is 162 g/mol. The first-order valence-corrected chi connectivity index (χ1v) is 4.71. The summed E-state index contributed by atoms with van der Waals surface area (Å²) in [6.45, 7) is 2.20. The average molecular weight is 162 g/mol. The molecule has 0 spiro atoms. The molecule has 1 heterocycles. The fraction of sp³-hybridized carbons (Fsp3) is 0.667. The molecule has 4 heteroatoms. The van der Waals surface area contributed by atoms with Gasteiger partial charge in [-0.15, -0.1) is 0 Å². The van der Waals surface area contributed by atoms with Crippen molar-refractivity contribution in [1.82, 2.24) is 0 Å². The Kier molecular flexibility index (Phi) is 2.11. The molecule has 0 radical (unpaired) electrons. The van der Waals surface area contributed by atoms with Gasteiger partial charge in [0.15, 0.2) is 0 Å². The minimum Gasteiger partial charge on any atom is -0.270 e. The molecule has 0 N–H and O–H groups in total. The Hall–Kier alpha value is -0.350. The fourth-order valence-electron chi connectivity index (χ4n) is 0.724. The predicted molar refractivity (Wildman–Crippen MR) is 38.1 cm³/mol. The Bertz CT molecular complexity index is 238. The zero-order valence-corrected chi connectivity index (χ0v) is 6.65. The molecule has 0 saturated carbocycles. The molecule has 3 nitrogen and oxygen atoms in total. The summed E-state index contributed by atoms with van der Waals surface area (Å²) in [5.74, 6) is 0.0266. The Morgan fingerprint density at radius 3 is 3.00 bits per heavy atom. The minimum absolute atomic E-state index is 0.0266. The van der Waals surface area contributed by atoms with Crippen LogP contribution in [0.3, 0.4) is 0 Å². The van der Waals surface area contributed by atoms with E-state index in [0.717, 1.165) is 12.0 Å². The van der Waals surface area contributed by atoms with Gasteiger partial charge in [-0.2, -0.15) is 8.42 Å². The van der Waals surface area contributed by atoms with Crippen LogP contribution in [0.25, 0.3) is 0 Å². The lowest BCUT2D eigenvalue weighted by molar-refractivity contribution is 0.327. The molecular formula is C6H10O3S. The van der Waals surface area contributed by atoms with E-state index in [9.17, 15) is 8.42 Å². The summed E-state index contributed by atoms with van der Waals surface area (Å²) >= 11 is 0. The van der Waals surface area contributed by atoms with Gasteiger partial charge >= 0.3 is 0 Å².